The van der Waals surface area contributed by atoms with Gasteiger partial charge in [-0.1, -0.05) is 23.4 Å². The number of hydrogen-bond acceptors (Lipinski definition) is 4. The fourth-order valence-electron chi connectivity index (χ4n) is 2.88. The lowest BCUT2D eigenvalue weighted by Crippen LogP contribution is -2.38. The minimum Gasteiger partial charge on any atom is -0.316 e. The fourth-order valence-corrected chi connectivity index (χ4v) is 7.10. The second-order valence-corrected chi connectivity index (χ2v) is 9.79. The summed E-state index contributed by atoms with van der Waals surface area (Å²) >= 11 is 12.1. The van der Waals surface area contributed by atoms with Gasteiger partial charge in [0, 0.05) is 10.9 Å². The van der Waals surface area contributed by atoms with Crippen molar-refractivity contribution in [1.82, 2.24) is 0 Å². The van der Waals surface area contributed by atoms with Gasteiger partial charge in [0.25, 0.3) is 5.91 Å². The van der Waals surface area contributed by atoms with Crippen molar-refractivity contribution < 1.29 is 26.4 Å². The zero-order valence-corrected chi connectivity index (χ0v) is 16.0. The van der Waals surface area contributed by atoms with E-state index in [4.69, 9.17) is 23.2 Å². The first kappa shape index (κ1) is 19.8. The summed E-state index contributed by atoms with van der Waals surface area (Å²) in [6, 6.07) is 2.64. The molecule has 0 aromatic heterocycles. The number of alkyl halides is 4. The SMILES string of the molecule is O=C(CCl)N=C1S[C@H]2CS(=O)(=O)C[C@@H]2N1c1ccc(Cl)c(C(F)(F)F)c1. The van der Waals surface area contributed by atoms with E-state index in [2.05, 4.69) is 4.99 Å². The maximum absolute atomic E-state index is 13.2. The van der Waals surface area contributed by atoms with Crippen LogP contribution in [0.25, 0.3) is 0 Å². The first-order valence-electron chi connectivity index (χ1n) is 7.22. The number of amides is 1. The van der Waals surface area contributed by atoms with Crippen molar-refractivity contribution in [3.05, 3.63) is 28.8 Å². The van der Waals surface area contributed by atoms with Crippen LogP contribution in [-0.2, 0) is 20.8 Å². The summed E-state index contributed by atoms with van der Waals surface area (Å²) in [5.41, 5.74) is -0.978. The summed E-state index contributed by atoms with van der Waals surface area (Å²) in [5.74, 6) is -1.41. The molecule has 0 saturated carbocycles. The summed E-state index contributed by atoms with van der Waals surface area (Å²) in [6.07, 6.45) is -4.68. The Morgan fingerprint density at radius 1 is 1.35 bits per heavy atom. The van der Waals surface area contributed by atoms with Crippen LogP contribution in [0, 0.1) is 0 Å². The fraction of sp³-hybridized carbons (Fsp3) is 0.429. The molecular formula is C14H11Cl2F3N2O3S2. The Labute approximate surface area is 161 Å². The van der Waals surface area contributed by atoms with Crippen LogP contribution >= 0.6 is 35.0 Å². The summed E-state index contributed by atoms with van der Waals surface area (Å²) in [5, 5.41) is -0.762. The summed E-state index contributed by atoms with van der Waals surface area (Å²) in [6.45, 7) is 0. The zero-order valence-electron chi connectivity index (χ0n) is 12.8. The van der Waals surface area contributed by atoms with Gasteiger partial charge in [-0.3, -0.25) is 4.79 Å². The number of fused-ring (bicyclic) bond motifs is 1. The van der Waals surface area contributed by atoms with E-state index in [0.717, 1.165) is 23.9 Å². The molecule has 3 rings (SSSR count). The van der Waals surface area contributed by atoms with Crippen molar-refractivity contribution in [3.8, 4) is 0 Å². The number of nitrogens with zero attached hydrogens (tertiary/aromatic N) is 2. The number of hydrogen-bond donors (Lipinski definition) is 0. The minimum atomic E-state index is -4.68. The lowest BCUT2D eigenvalue weighted by Gasteiger charge is -2.25. The van der Waals surface area contributed by atoms with Gasteiger partial charge in [0.2, 0.25) is 0 Å². The largest absolute Gasteiger partial charge is 0.417 e. The highest BCUT2D eigenvalue weighted by molar-refractivity contribution is 8.16. The number of aliphatic imine (C=N–C) groups is 1. The third kappa shape index (κ3) is 3.83. The summed E-state index contributed by atoms with van der Waals surface area (Å²) in [7, 11) is -3.33. The molecule has 2 aliphatic heterocycles. The van der Waals surface area contributed by atoms with Crippen molar-refractivity contribution in [3.63, 3.8) is 0 Å². The zero-order chi connectivity index (χ0) is 19.3. The van der Waals surface area contributed by atoms with Crippen molar-refractivity contribution in [1.29, 1.82) is 0 Å². The number of carbonyl (C=O) groups excluding carboxylic acids is 1. The second kappa shape index (κ2) is 6.88. The highest BCUT2D eigenvalue weighted by atomic mass is 35.5. The molecule has 0 unspecified atom stereocenters. The number of rotatable bonds is 2. The smallest absolute Gasteiger partial charge is 0.316 e. The average molecular weight is 447 g/mol. The van der Waals surface area contributed by atoms with Crippen LogP contribution in [0.3, 0.4) is 0 Å². The van der Waals surface area contributed by atoms with E-state index >= 15 is 0 Å². The van der Waals surface area contributed by atoms with Gasteiger partial charge in [0.1, 0.15) is 5.88 Å². The van der Waals surface area contributed by atoms with Crippen LogP contribution in [0.15, 0.2) is 23.2 Å². The molecule has 26 heavy (non-hydrogen) atoms. The molecule has 12 heteroatoms. The number of anilines is 1. The molecule has 5 nitrogen and oxygen atoms in total. The molecule has 142 valence electrons. The van der Waals surface area contributed by atoms with E-state index in [9.17, 15) is 26.4 Å². The van der Waals surface area contributed by atoms with Crippen molar-refractivity contribution in [2.45, 2.75) is 17.5 Å². The third-order valence-electron chi connectivity index (χ3n) is 3.93. The van der Waals surface area contributed by atoms with E-state index in [1.165, 1.54) is 11.0 Å². The highest BCUT2D eigenvalue weighted by Crippen LogP contribution is 2.43. The van der Waals surface area contributed by atoms with E-state index in [1.807, 2.05) is 0 Å². The molecule has 0 N–H and O–H groups in total. The van der Waals surface area contributed by atoms with Crippen molar-refractivity contribution in [2.75, 3.05) is 22.3 Å². The minimum absolute atomic E-state index is 0.0694. The molecule has 0 radical (unpaired) electrons. The van der Waals surface area contributed by atoms with Gasteiger partial charge in [-0.05, 0) is 18.2 Å². The van der Waals surface area contributed by atoms with E-state index in [-0.39, 0.29) is 28.2 Å². The molecule has 1 aromatic carbocycles. The molecule has 1 amide bonds. The Morgan fingerprint density at radius 2 is 2.04 bits per heavy atom. The van der Waals surface area contributed by atoms with Crippen LogP contribution in [0.4, 0.5) is 18.9 Å². The molecule has 2 heterocycles. The van der Waals surface area contributed by atoms with Gasteiger partial charge in [-0.15, -0.1) is 11.6 Å². The third-order valence-corrected chi connectivity index (χ3v) is 7.70. The predicted molar refractivity (Wildman–Crippen MR) is 95.9 cm³/mol. The van der Waals surface area contributed by atoms with Gasteiger partial charge >= 0.3 is 6.18 Å². The molecule has 0 bridgehead atoms. The number of thioether (sulfide) groups is 1. The molecule has 2 aliphatic rings. The number of carbonyl (C=O) groups is 1. The Bertz CT molecular complexity index is 890. The monoisotopic (exact) mass is 446 g/mol. The number of amidine groups is 1. The van der Waals surface area contributed by atoms with E-state index in [1.54, 1.807) is 0 Å². The first-order valence-corrected chi connectivity index (χ1v) is 10.8. The van der Waals surface area contributed by atoms with Gasteiger partial charge in [-0.2, -0.15) is 18.2 Å². The molecule has 2 atom stereocenters. The quantitative estimate of drug-likeness (QED) is 0.652. The summed E-state index contributed by atoms with van der Waals surface area (Å²) < 4.78 is 63.3. The van der Waals surface area contributed by atoms with Crippen LogP contribution in [0.2, 0.25) is 5.02 Å². The van der Waals surface area contributed by atoms with E-state index < -0.39 is 43.8 Å². The Morgan fingerprint density at radius 3 is 2.65 bits per heavy atom. The lowest BCUT2D eigenvalue weighted by atomic mass is 10.1. The molecule has 0 aliphatic carbocycles. The molecular weight excluding hydrogens is 436 g/mol. The van der Waals surface area contributed by atoms with Gasteiger partial charge in [-0.25, -0.2) is 8.42 Å². The lowest BCUT2D eigenvalue weighted by molar-refractivity contribution is -0.137. The van der Waals surface area contributed by atoms with Crippen LogP contribution in [0.5, 0.6) is 0 Å². The second-order valence-electron chi connectivity index (χ2n) is 5.75. The standard InChI is InChI=1S/C14H11Cl2F3N2O3S2/c15-4-12(22)20-13-21(10-5-26(23,24)6-11(10)25-13)7-1-2-9(16)8(3-7)14(17,18)19/h1-3,10-11H,4-6H2/t10-,11-/m0/s1. The van der Waals surface area contributed by atoms with Gasteiger partial charge < -0.3 is 4.90 Å². The maximum Gasteiger partial charge on any atom is 0.417 e. The molecule has 1 aromatic rings. The molecule has 2 saturated heterocycles. The Balaban J connectivity index is 2.09. The average Bonchev–Trinajstić information content (AvgIpc) is 2.97. The molecule has 2 fully saturated rings. The van der Waals surface area contributed by atoms with Crippen LogP contribution < -0.4 is 4.90 Å². The number of sulfone groups is 1. The van der Waals surface area contributed by atoms with Crippen molar-refractivity contribution >= 4 is 61.6 Å². The highest BCUT2D eigenvalue weighted by Gasteiger charge is 2.49. The van der Waals surface area contributed by atoms with Gasteiger partial charge in [0.15, 0.2) is 15.0 Å². The summed E-state index contributed by atoms with van der Waals surface area (Å²) in [4.78, 5) is 16.8. The van der Waals surface area contributed by atoms with E-state index in [0.29, 0.717) is 0 Å². The normalized spacial score (nSPS) is 26.3. The Kier molecular flexibility index (Phi) is 5.24. The maximum atomic E-state index is 13.2. The topological polar surface area (TPSA) is 66.8 Å². The van der Waals surface area contributed by atoms with Gasteiger partial charge in [0.05, 0.1) is 28.1 Å². The Hall–Kier alpha value is -0.970. The van der Waals surface area contributed by atoms with Crippen LogP contribution in [0.1, 0.15) is 5.56 Å². The first-order chi connectivity index (χ1) is 12.0. The molecule has 0 spiro atoms. The number of halogens is 5. The van der Waals surface area contributed by atoms with Crippen molar-refractivity contribution in [2.24, 2.45) is 4.99 Å². The van der Waals surface area contributed by atoms with Crippen LogP contribution in [-0.4, -0.2) is 48.2 Å². The predicted octanol–water partition coefficient (Wildman–Crippen LogP) is 3.20. The number of benzene rings is 1.